The minimum atomic E-state index is -0.454. The minimum Gasteiger partial charge on any atom is -0.497 e. The summed E-state index contributed by atoms with van der Waals surface area (Å²) in [5, 5.41) is 4.21. The fraction of sp³-hybridized carbons (Fsp3) is 0.263. The van der Waals surface area contributed by atoms with E-state index in [1.165, 1.54) is 18.5 Å². The van der Waals surface area contributed by atoms with Gasteiger partial charge in [0.15, 0.2) is 0 Å². The topological polar surface area (TPSA) is 47.0 Å². The predicted molar refractivity (Wildman–Crippen MR) is 99.3 cm³/mol. The SMILES string of the molecule is COc1cc(CC(C)C)c2c(Nc3ccc(F)c(Cl)c3)ncnc2c1. The van der Waals surface area contributed by atoms with E-state index in [1.807, 2.05) is 12.1 Å². The Balaban J connectivity index is 2.12. The van der Waals surface area contributed by atoms with Crippen LogP contribution in [-0.2, 0) is 6.42 Å². The number of fused-ring (bicyclic) bond motifs is 1. The van der Waals surface area contributed by atoms with Gasteiger partial charge in [-0.25, -0.2) is 14.4 Å². The van der Waals surface area contributed by atoms with Crippen molar-refractivity contribution < 1.29 is 9.13 Å². The highest BCUT2D eigenvalue weighted by Gasteiger charge is 2.13. The van der Waals surface area contributed by atoms with Gasteiger partial charge in [-0.2, -0.15) is 0 Å². The van der Waals surface area contributed by atoms with Crippen LogP contribution in [0.15, 0.2) is 36.7 Å². The van der Waals surface area contributed by atoms with Crippen LogP contribution in [0.4, 0.5) is 15.9 Å². The highest BCUT2D eigenvalue weighted by atomic mass is 35.5. The standard InChI is InChI=1S/C19H19ClFN3O/c1-11(2)6-12-7-14(25-3)9-17-18(12)19(23-10-22-17)24-13-4-5-16(21)15(20)8-13/h4-5,7-11H,6H2,1-3H3,(H,22,23,24). The zero-order valence-electron chi connectivity index (χ0n) is 14.3. The van der Waals surface area contributed by atoms with Crippen molar-refractivity contribution in [2.75, 3.05) is 12.4 Å². The van der Waals surface area contributed by atoms with E-state index in [0.29, 0.717) is 17.4 Å². The van der Waals surface area contributed by atoms with E-state index in [1.54, 1.807) is 13.2 Å². The maximum absolute atomic E-state index is 13.4. The van der Waals surface area contributed by atoms with Crippen LogP contribution in [0.5, 0.6) is 5.75 Å². The van der Waals surface area contributed by atoms with Crippen LogP contribution in [-0.4, -0.2) is 17.1 Å². The van der Waals surface area contributed by atoms with Crippen LogP contribution >= 0.6 is 11.6 Å². The second-order valence-corrected chi connectivity index (χ2v) is 6.66. The van der Waals surface area contributed by atoms with Crippen molar-refractivity contribution in [2.45, 2.75) is 20.3 Å². The molecule has 1 N–H and O–H groups in total. The van der Waals surface area contributed by atoms with Crippen molar-refractivity contribution in [3.63, 3.8) is 0 Å². The summed E-state index contributed by atoms with van der Waals surface area (Å²) in [6.45, 7) is 4.31. The third kappa shape index (κ3) is 3.82. The lowest BCUT2D eigenvalue weighted by atomic mass is 9.98. The Morgan fingerprint density at radius 1 is 1.20 bits per heavy atom. The lowest BCUT2D eigenvalue weighted by molar-refractivity contribution is 0.414. The molecule has 0 bridgehead atoms. The minimum absolute atomic E-state index is 0.0624. The van der Waals surface area contributed by atoms with Gasteiger partial charge in [-0.1, -0.05) is 25.4 Å². The Bertz CT molecular complexity index is 915. The molecule has 130 valence electrons. The molecule has 0 amide bonds. The first-order chi connectivity index (χ1) is 12.0. The number of benzene rings is 2. The molecule has 2 aromatic carbocycles. The molecule has 6 heteroatoms. The predicted octanol–water partition coefficient (Wildman–Crippen LogP) is 5.37. The molecule has 0 spiro atoms. The van der Waals surface area contributed by atoms with Crippen LogP contribution in [0.2, 0.25) is 5.02 Å². The van der Waals surface area contributed by atoms with Gasteiger partial charge in [-0.15, -0.1) is 0 Å². The normalized spacial score (nSPS) is 11.1. The number of rotatable bonds is 5. The van der Waals surface area contributed by atoms with E-state index in [9.17, 15) is 4.39 Å². The summed E-state index contributed by atoms with van der Waals surface area (Å²) >= 11 is 5.87. The summed E-state index contributed by atoms with van der Waals surface area (Å²) in [5.41, 5.74) is 2.55. The molecule has 0 aliphatic rings. The summed E-state index contributed by atoms with van der Waals surface area (Å²) in [6, 6.07) is 8.38. The van der Waals surface area contributed by atoms with Gasteiger partial charge in [0.2, 0.25) is 0 Å². The summed E-state index contributed by atoms with van der Waals surface area (Å²) in [5.74, 6) is 1.43. The summed E-state index contributed by atoms with van der Waals surface area (Å²) in [6.07, 6.45) is 2.36. The Morgan fingerprint density at radius 3 is 2.68 bits per heavy atom. The molecule has 0 saturated carbocycles. The monoisotopic (exact) mass is 359 g/mol. The number of halogens is 2. The third-order valence-corrected chi connectivity index (χ3v) is 4.13. The molecule has 0 radical (unpaired) electrons. The Labute approximate surface area is 151 Å². The van der Waals surface area contributed by atoms with E-state index >= 15 is 0 Å². The second-order valence-electron chi connectivity index (χ2n) is 6.25. The molecule has 1 aromatic heterocycles. The fourth-order valence-corrected chi connectivity index (χ4v) is 2.95. The average molecular weight is 360 g/mol. The molecule has 0 aliphatic carbocycles. The van der Waals surface area contributed by atoms with Crippen LogP contribution < -0.4 is 10.1 Å². The van der Waals surface area contributed by atoms with Crippen LogP contribution in [0.1, 0.15) is 19.4 Å². The summed E-state index contributed by atoms with van der Waals surface area (Å²) in [7, 11) is 1.64. The second kappa shape index (κ2) is 7.23. The number of ether oxygens (including phenoxy) is 1. The first-order valence-corrected chi connectivity index (χ1v) is 8.39. The largest absolute Gasteiger partial charge is 0.497 e. The quantitative estimate of drug-likeness (QED) is 0.665. The number of nitrogens with one attached hydrogen (secondary N) is 1. The van der Waals surface area contributed by atoms with Gasteiger partial charge in [-0.05, 0) is 42.2 Å². The smallest absolute Gasteiger partial charge is 0.141 e. The molecule has 3 aromatic rings. The number of nitrogens with zero attached hydrogens (tertiary/aromatic N) is 2. The van der Waals surface area contributed by atoms with E-state index in [-0.39, 0.29) is 5.02 Å². The number of methoxy groups -OCH3 is 1. The summed E-state index contributed by atoms with van der Waals surface area (Å²) in [4.78, 5) is 8.75. The maximum Gasteiger partial charge on any atom is 0.141 e. The van der Waals surface area contributed by atoms with E-state index in [2.05, 4.69) is 29.1 Å². The molecule has 0 aliphatic heterocycles. The zero-order valence-corrected chi connectivity index (χ0v) is 15.1. The first-order valence-electron chi connectivity index (χ1n) is 8.01. The Kier molecular flexibility index (Phi) is 5.04. The molecular formula is C19H19ClFN3O. The van der Waals surface area contributed by atoms with Crippen LogP contribution in [0.3, 0.4) is 0 Å². The van der Waals surface area contributed by atoms with Crippen LogP contribution in [0.25, 0.3) is 10.9 Å². The summed E-state index contributed by atoms with van der Waals surface area (Å²) < 4.78 is 18.8. The van der Waals surface area contributed by atoms with Gasteiger partial charge in [0, 0.05) is 17.1 Å². The van der Waals surface area contributed by atoms with Gasteiger partial charge < -0.3 is 10.1 Å². The van der Waals surface area contributed by atoms with Crippen molar-refractivity contribution >= 4 is 34.0 Å². The maximum atomic E-state index is 13.4. The first kappa shape index (κ1) is 17.4. The van der Waals surface area contributed by atoms with Gasteiger partial charge in [0.1, 0.15) is 23.7 Å². The number of hydrogen-bond acceptors (Lipinski definition) is 4. The van der Waals surface area contributed by atoms with Gasteiger partial charge in [-0.3, -0.25) is 0 Å². The lowest BCUT2D eigenvalue weighted by Crippen LogP contribution is -2.02. The Hall–Kier alpha value is -2.40. The molecule has 25 heavy (non-hydrogen) atoms. The number of anilines is 2. The molecule has 3 rings (SSSR count). The van der Waals surface area contributed by atoms with Gasteiger partial charge in [0.25, 0.3) is 0 Å². The molecule has 4 nitrogen and oxygen atoms in total. The zero-order chi connectivity index (χ0) is 18.0. The van der Waals surface area contributed by atoms with Gasteiger partial charge in [0.05, 0.1) is 17.6 Å². The van der Waals surface area contributed by atoms with Crippen molar-refractivity contribution in [3.05, 3.63) is 53.1 Å². The van der Waals surface area contributed by atoms with Crippen molar-refractivity contribution in [1.29, 1.82) is 0 Å². The van der Waals surface area contributed by atoms with E-state index < -0.39 is 5.82 Å². The van der Waals surface area contributed by atoms with Crippen molar-refractivity contribution in [1.82, 2.24) is 9.97 Å². The average Bonchev–Trinajstić information content (AvgIpc) is 2.57. The Morgan fingerprint density at radius 2 is 2.00 bits per heavy atom. The fourth-order valence-electron chi connectivity index (χ4n) is 2.77. The molecule has 0 atom stereocenters. The highest BCUT2D eigenvalue weighted by molar-refractivity contribution is 6.31. The van der Waals surface area contributed by atoms with Crippen molar-refractivity contribution in [3.8, 4) is 5.75 Å². The van der Waals surface area contributed by atoms with Crippen molar-refractivity contribution in [2.24, 2.45) is 5.92 Å². The molecule has 0 fully saturated rings. The number of hydrogen-bond donors (Lipinski definition) is 1. The molecule has 1 heterocycles. The molecular weight excluding hydrogens is 341 g/mol. The van der Waals surface area contributed by atoms with Gasteiger partial charge >= 0.3 is 0 Å². The molecule has 0 unspecified atom stereocenters. The lowest BCUT2D eigenvalue weighted by Gasteiger charge is -2.15. The third-order valence-electron chi connectivity index (χ3n) is 3.84. The number of aromatic nitrogens is 2. The highest BCUT2D eigenvalue weighted by Crippen LogP contribution is 2.32. The van der Waals surface area contributed by atoms with E-state index in [0.717, 1.165) is 28.6 Å². The van der Waals surface area contributed by atoms with Crippen LogP contribution in [0, 0.1) is 11.7 Å². The van der Waals surface area contributed by atoms with E-state index in [4.69, 9.17) is 16.3 Å². The molecule has 0 saturated heterocycles.